The normalized spacial score (nSPS) is 15.4. The van der Waals surface area contributed by atoms with Crippen LogP contribution in [0.1, 0.15) is 39.5 Å². The van der Waals surface area contributed by atoms with Gasteiger partial charge in [-0.25, -0.2) is 0 Å². The Morgan fingerprint density at radius 1 is 0.821 bits per heavy atom. The zero-order chi connectivity index (χ0) is 19.3. The van der Waals surface area contributed by atoms with Gasteiger partial charge in [-0.15, -0.1) is 0 Å². The first-order valence-corrected chi connectivity index (χ1v) is 9.36. The van der Waals surface area contributed by atoms with Crippen LogP contribution in [0.3, 0.4) is 0 Å². The lowest BCUT2D eigenvalue weighted by atomic mass is 10.0. The van der Waals surface area contributed by atoms with Crippen LogP contribution in [0.15, 0.2) is 84.9 Å². The van der Waals surface area contributed by atoms with Gasteiger partial charge >= 0.3 is 5.97 Å². The van der Waals surface area contributed by atoms with Crippen molar-refractivity contribution in [2.24, 2.45) is 0 Å². The number of esters is 1. The molecule has 0 saturated heterocycles. The minimum Gasteiger partial charge on any atom is -0.461 e. The van der Waals surface area contributed by atoms with Gasteiger partial charge in [0.2, 0.25) is 0 Å². The minimum atomic E-state index is -0.313. The molecular weight excluding hydrogens is 350 g/mol. The van der Waals surface area contributed by atoms with Crippen molar-refractivity contribution in [1.29, 1.82) is 0 Å². The van der Waals surface area contributed by atoms with Crippen LogP contribution in [0.5, 0.6) is 0 Å². The summed E-state index contributed by atoms with van der Waals surface area (Å²) in [6.45, 7) is 0.700. The quantitative estimate of drug-likeness (QED) is 0.599. The Morgan fingerprint density at radius 3 is 2.14 bits per heavy atom. The molecule has 0 fully saturated rings. The number of amides is 1. The average Bonchev–Trinajstić information content (AvgIpc) is 3.00. The number of nitrogens with zero attached hydrogens (tertiary/aromatic N) is 1. The van der Waals surface area contributed by atoms with Gasteiger partial charge in [0.05, 0.1) is 12.5 Å². The molecule has 0 aromatic heterocycles. The molecule has 3 aromatic carbocycles. The molecule has 0 N–H and O–H groups in total. The summed E-state index contributed by atoms with van der Waals surface area (Å²) in [5.74, 6) is -0.350. The summed E-state index contributed by atoms with van der Waals surface area (Å²) in [5.41, 5.74) is 3.53. The predicted octanol–water partition coefficient (Wildman–Crippen LogP) is 4.52. The average molecular weight is 371 g/mol. The van der Waals surface area contributed by atoms with E-state index in [-0.39, 0.29) is 30.9 Å². The number of fused-ring (bicyclic) bond motifs is 1. The number of rotatable bonds is 6. The molecule has 1 heterocycles. The fraction of sp³-hybridized carbons (Fsp3) is 0.167. The fourth-order valence-electron chi connectivity index (χ4n) is 3.58. The molecule has 1 unspecified atom stereocenters. The Labute approximate surface area is 164 Å². The Bertz CT molecular complexity index is 969. The second kappa shape index (κ2) is 8.09. The van der Waals surface area contributed by atoms with Crippen molar-refractivity contribution in [1.82, 2.24) is 4.90 Å². The third kappa shape index (κ3) is 3.81. The van der Waals surface area contributed by atoms with Crippen LogP contribution in [-0.4, -0.2) is 16.8 Å². The number of hydrogen-bond acceptors (Lipinski definition) is 3. The Kier molecular flexibility index (Phi) is 5.20. The van der Waals surface area contributed by atoms with E-state index in [1.54, 1.807) is 4.90 Å². The fourth-order valence-corrected chi connectivity index (χ4v) is 3.58. The summed E-state index contributed by atoms with van der Waals surface area (Å²) in [6, 6.07) is 26.6. The van der Waals surface area contributed by atoms with E-state index in [1.165, 1.54) is 0 Å². The third-order valence-electron chi connectivity index (χ3n) is 4.99. The molecule has 4 rings (SSSR count). The molecule has 0 bridgehead atoms. The number of hydrogen-bond donors (Lipinski definition) is 0. The van der Waals surface area contributed by atoms with Gasteiger partial charge in [0.1, 0.15) is 6.61 Å². The molecule has 28 heavy (non-hydrogen) atoms. The maximum Gasteiger partial charge on any atom is 0.308 e. The van der Waals surface area contributed by atoms with Crippen molar-refractivity contribution in [3.63, 3.8) is 0 Å². The van der Waals surface area contributed by atoms with Crippen molar-refractivity contribution in [3.05, 3.63) is 107 Å². The minimum absolute atomic E-state index is 0.0414. The van der Waals surface area contributed by atoms with Gasteiger partial charge in [-0.1, -0.05) is 78.9 Å². The summed E-state index contributed by atoms with van der Waals surface area (Å²) in [7, 11) is 0. The van der Waals surface area contributed by atoms with Crippen LogP contribution in [0, 0.1) is 0 Å². The summed E-state index contributed by atoms with van der Waals surface area (Å²) in [6.07, 6.45) is 0.141. The van der Waals surface area contributed by atoms with Crippen LogP contribution in [0.25, 0.3) is 0 Å². The molecule has 0 spiro atoms. The van der Waals surface area contributed by atoms with Crippen molar-refractivity contribution in [3.8, 4) is 0 Å². The van der Waals surface area contributed by atoms with E-state index in [1.807, 2.05) is 84.9 Å². The van der Waals surface area contributed by atoms with Crippen molar-refractivity contribution < 1.29 is 14.3 Å². The van der Waals surface area contributed by atoms with Gasteiger partial charge in [-0.3, -0.25) is 9.59 Å². The summed E-state index contributed by atoms with van der Waals surface area (Å²) in [5, 5.41) is 0. The molecule has 0 saturated carbocycles. The lowest BCUT2D eigenvalue weighted by molar-refractivity contribution is -0.146. The maximum absolute atomic E-state index is 12.9. The molecule has 140 valence electrons. The van der Waals surface area contributed by atoms with Crippen LogP contribution >= 0.6 is 0 Å². The van der Waals surface area contributed by atoms with E-state index >= 15 is 0 Å². The number of benzene rings is 3. The standard InChI is InChI=1S/C24H21NO3/c26-23(28-17-19-11-5-2-6-12-19)15-22-20-13-7-8-14-21(20)24(27)25(22)16-18-9-3-1-4-10-18/h1-14,22H,15-17H2. The van der Waals surface area contributed by atoms with Crippen LogP contribution in [0.4, 0.5) is 0 Å². The van der Waals surface area contributed by atoms with E-state index in [0.717, 1.165) is 16.7 Å². The third-order valence-corrected chi connectivity index (χ3v) is 4.99. The van der Waals surface area contributed by atoms with Crippen LogP contribution in [0.2, 0.25) is 0 Å². The Balaban J connectivity index is 1.51. The zero-order valence-corrected chi connectivity index (χ0v) is 15.5. The van der Waals surface area contributed by atoms with Crippen LogP contribution < -0.4 is 0 Å². The second-order valence-electron chi connectivity index (χ2n) is 6.87. The first kappa shape index (κ1) is 18.0. The van der Waals surface area contributed by atoms with E-state index in [4.69, 9.17) is 4.74 Å². The van der Waals surface area contributed by atoms with Crippen molar-refractivity contribution in [2.45, 2.75) is 25.6 Å². The molecule has 1 amide bonds. The SMILES string of the molecule is O=C(CC1c2ccccc2C(=O)N1Cc1ccccc1)OCc1ccccc1. The lowest BCUT2D eigenvalue weighted by Gasteiger charge is -2.25. The number of carbonyl (C=O) groups excluding carboxylic acids is 2. The summed E-state index contributed by atoms with van der Waals surface area (Å²) < 4.78 is 5.46. The molecule has 3 aromatic rings. The highest BCUT2D eigenvalue weighted by Crippen LogP contribution is 2.37. The summed E-state index contributed by atoms with van der Waals surface area (Å²) >= 11 is 0. The van der Waals surface area contributed by atoms with Gasteiger partial charge in [0.25, 0.3) is 5.91 Å². The highest BCUT2D eigenvalue weighted by molar-refractivity contribution is 5.99. The monoisotopic (exact) mass is 371 g/mol. The summed E-state index contributed by atoms with van der Waals surface area (Å²) in [4.78, 5) is 27.2. The van der Waals surface area contributed by atoms with E-state index < -0.39 is 0 Å². The molecule has 1 aliphatic rings. The number of ether oxygens (including phenoxy) is 1. The van der Waals surface area contributed by atoms with Crippen molar-refractivity contribution >= 4 is 11.9 Å². The van der Waals surface area contributed by atoms with Gasteiger partial charge in [-0.2, -0.15) is 0 Å². The molecule has 0 radical (unpaired) electrons. The molecule has 4 heteroatoms. The number of carbonyl (C=O) groups is 2. The first-order chi connectivity index (χ1) is 13.7. The molecule has 4 nitrogen and oxygen atoms in total. The predicted molar refractivity (Wildman–Crippen MR) is 106 cm³/mol. The second-order valence-corrected chi connectivity index (χ2v) is 6.87. The lowest BCUT2D eigenvalue weighted by Crippen LogP contribution is -2.29. The van der Waals surface area contributed by atoms with Gasteiger partial charge in [0, 0.05) is 12.1 Å². The molecular formula is C24H21NO3. The van der Waals surface area contributed by atoms with Crippen molar-refractivity contribution in [2.75, 3.05) is 0 Å². The van der Waals surface area contributed by atoms with Gasteiger partial charge in [0.15, 0.2) is 0 Å². The first-order valence-electron chi connectivity index (χ1n) is 9.36. The maximum atomic E-state index is 12.9. The van der Waals surface area contributed by atoms with Gasteiger partial charge < -0.3 is 9.64 Å². The van der Waals surface area contributed by atoms with Crippen LogP contribution in [-0.2, 0) is 22.7 Å². The largest absolute Gasteiger partial charge is 0.461 e. The van der Waals surface area contributed by atoms with Gasteiger partial charge in [-0.05, 0) is 22.8 Å². The topological polar surface area (TPSA) is 46.6 Å². The highest BCUT2D eigenvalue weighted by atomic mass is 16.5. The zero-order valence-electron chi connectivity index (χ0n) is 15.5. The van der Waals surface area contributed by atoms with E-state index in [9.17, 15) is 9.59 Å². The molecule has 1 atom stereocenters. The van der Waals surface area contributed by atoms with E-state index in [0.29, 0.717) is 12.1 Å². The molecule has 1 aliphatic heterocycles. The smallest absolute Gasteiger partial charge is 0.308 e. The Hall–Kier alpha value is -3.40. The molecule has 0 aliphatic carbocycles. The Morgan fingerprint density at radius 2 is 1.43 bits per heavy atom. The highest BCUT2D eigenvalue weighted by Gasteiger charge is 2.37. The van der Waals surface area contributed by atoms with E-state index in [2.05, 4.69) is 0 Å².